The first kappa shape index (κ1) is 19.8. The Labute approximate surface area is 162 Å². The van der Waals surface area contributed by atoms with E-state index in [1.165, 1.54) is 4.88 Å². The van der Waals surface area contributed by atoms with Gasteiger partial charge in [-0.2, -0.15) is 0 Å². The Kier molecular flexibility index (Phi) is 5.49. The summed E-state index contributed by atoms with van der Waals surface area (Å²) in [6, 6.07) is 0.399. The van der Waals surface area contributed by atoms with E-state index in [1.54, 1.807) is 11.3 Å². The second-order valence-electron chi connectivity index (χ2n) is 8.95. The predicted molar refractivity (Wildman–Crippen MR) is 108 cm³/mol. The highest BCUT2D eigenvalue weighted by atomic mass is 32.1. The van der Waals surface area contributed by atoms with Gasteiger partial charge in [-0.3, -0.25) is 4.90 Å². The van der Waals surface area contributed by atoms with Crippen molar-refractivity contribution in [2.75, 3.05) is 26.2 Å². The third-order valence-electron chi connectivity index (χ3n) is 5.89. The molecule has 146 valence electrons. The van der Waals surface area contributed by atoms with Crippen LogP contribution in [0.15, 0.2) is 6.20 Å². The molecule has 1 aromatic rings. The molecule has 2 atom stereocenters. The highest BCUT2D eigenvalue weighted by molar-refractivity contribution is 7.11. The number of fused-ring (bicyclic) bond motifs is 1. The van der Waals surface area contributed by atoms with Crippen molar-refractivity contribution in [1.82, 2.24) is 20.1 Å². The fraction of sp³-hybridized carbons (Fsp3) is 0.778. The van der Waals surface area contributed by atoms with Gasteiger partial charge in [0.1, 0.15) is 5.01 Å². The Morgan fingerprint density at radius 3 is 2.85 bits per heavy atom. The number of nitrogens with one attached hydrogen (secondary N) is 1. The lowest BCUT2D eigenvalue weighted by Crippen LogP contribution is -2.51. The first-order valence-electron chi connectivity index (χ1n) is 9.46. The first-order chi connectivity index (χ1) is 12.1. The van der Waals surface area contributed by atoms with Gasteiger partial charge in [0.15, 0.2) is 8.32 Å². The molecule has 0 aromatic carbocycles. The van der Waals surface area contributed by atoms with Crippen LogP contribution in [0.3, 0.4) is 0 Å². The van der Waals surface area contributed by atoms with Crippen molar-refractivity contribution in [3.63, 3.8) is 0 Å². The number of thiazole rings is 1. The van der Waals surface area contributed by atoms with Gasteiger partial charge < -0.3 is 14.6 Å². The van der Waals surface area contributed by atoms with Crippen molar-refractivity contribution in [3.8, 4) is 0 Å². The summed E-state index contributed by atoms with van der Waals surface area (Å²) in [7, 11) is -1.79. The zero-order valence-corrected chi connectivity index (χ0v) is 18.7. The molecule has 0 unspecified atom stereocenters. The molecule has 6 nitrogen and oxygen atoms in total. The molecule has 2 amide bonds. The zero-order chi connectivity index (χ0) is 19.1. The fourth-order valence-electron chi connectivity index (χ4n) is 3.29. The van der Waals surface area contributed by atoms with Gasteiger partial charge in [0, 0.05) is 43.8 Å². The lowest BCUT2D eigenvalue weighted by Gasteiger charge is -2.38. The lowest BCUT2D eigenvalue weighted by atomic mass is 10.2. The molecular weight excluding hydrogens is 364 g/mol. The van der Waals surface area contributed by atoms with Crippen LogP contribution < -0.4 is 5.32 Å². The van der Waals surface area contributed by atoms with Gasteiger partial charge in [0.25, 0.3) is 0 Å². The van der Waals surface area contributed by atoms with E-state index in [9.17, 15) is 4.79 Å². The van der Waals surface area contributed by atoms with Crippen molar-refractivity contribution in [3.05, 3.63) is 16.1 Å². The Morgan fingerprint density at radius 1 is 1.42 bits per heavy atom. The molecule has 0 radical (unpaired) electrons. The van der Waals surface area contributed by atoms with E-state index in [-0.39, 0.29) is 17.2 Å². The number of hydrogen-bond acceptors (Lipinski definition) is 5. The molecule has 1 N–H and O–H groups in total. The van der Waals surface area contributed by atoms with E-state index in [4.69, 9.17) is 4.43 Å². The summed E-state index contributed by atoms with van der Waals surface area (Å²) in [5.41, 5.74) is 0. The molecule has 0 bridgehead atoms. The van der Waals surface area contributed by atoms with E-state index in [0.29, 0.717) is 6.04 Å². The number of carbonyl (C=O) groups excluding carboxylic acids is 1. The third kappa shape index (κ3) is 4.13. The maximum atomic E-state index is 11.7. The summed E-state index contributed by atoms with van der Waals surface area (Å²) < 4.78 is 6.48. The lowest BCUT2D eigenvalue weighted by molar-refractivity contribution is 0.117. The number of carbonyl (C=O) groups is 1. The van der Waals surface area contributed by atoms with Crippen LogP contribution >= 0.6 is 11.3 Å². The summed E-state index contributed by atoms with van der Waals surface area (Å²) in [6.45, 7) is 17.8. The zero-order valence-electron chi connectivity index (χ0n) is 16.8. The van der Waals surface area contributed by atoms with E-state index in [1.807, 2.05) is 11.1 Å². The summed E-state index contributed by atoms with van der Waals surface area (Å²) in [4.78, 5) is 22.0. The molecule has 8 heteroatoms. The normalized spacial score (nSPS) is 23.1. The van der Waals surface area contributed by atoms with Gasteiger partial charge >= 0.3 is 6.03 Å². The Balaban J connectivity index is 1.57. The second kappa shape index (κ2) is 7.22. The smallest absolute Gasteiger partial charge is 0.317 e. The Morgan fingerprint density at radius 2 is 2.15 bits per heavy atom. The van der Waals surface area contributed by atoms with Gasteiger partial charge in [0.2, 0.25) is 0 Å². The minimum atomic E-state index is -1.79. The third-order valence-corrected chi connectivity index (χ3v) is 11.6. The Bertz CT molecular complexity index is 658. The van der Waals surface area contributed by atoms with E-state index >= 15 is 0 Å². The van der Waals surface area contributed by atoms with Crippen molar-refractivity contribution >= 4 is 25.7 Å². The van der Waals surface area contributed by atoms with Gasteiger partial charge in [-0.25, -0.2) is 9.78 Å². The molecule has 0 saturated carbocycles. The maximum Gasteiger partial charge on any atom is 0.317 e. The molecule has 2 aliphatic rings. The summed E-state index contributed by atoms with van der Waals surface area (Å²) in [5, 5.41) is 4.21. The number of aromatic nitrogens is 1. The number of urea groups is 1. The molecule has 2 aliphatic heterocycles. The van der Waals surface area contributed by atoms with Crippen LogP contribution in [0.4, 0.5) is 4.79 Å². The number of rotatable bonds is 5. The largest absolute Gasteiger partial charge is 0.408 e. The number of nitrogens with zero attached hydrogens (tertiary/aromatic N) is 3. The monoisotopic (exact) mass is 396 g/mol. The number of hydrogen-bond donors (Lipinski definition) is 1. The van der Waals surface area contributed by atoms with Crippen LogP contribution in [-0.2, 0) is 11.0 Å². The SMILES string of the molecule is C[C@H](O[Si](C)(C)C(C)(C)C)c1ncc(CN2CCN3C(=O)NC[C@@H]3C2)s1. The Hall–Kier alpha value is -0.963. The molecular formula is C18H32N4O2SSi. The highest BCUT2D eigenvalue weighted by Crippen LogP contribution is 2.40. The molecule has 0 spiro atoms. The first-order valence-corrected chi connectivity index (χ1v) is 13.2. The van der Waals surface area contributed by atoms with Crippen LogP contribution in [0.25, 0.3) is 0 Å². The molecule has 2 saturated heterocycles. The van der Waals surface area contributed by atoms with E-state index in [0.717, 1.165) is 37.7 Å². The minimum absolute atomic E-state index is 0.0446. The van der Waals surface area contributed by atoms with Crippen molar-refractivity contribution in [1.29, 1.82) is 0 Å². The van der Waals surface area contributed by atoms with Crippen molar-refractivity contribution in [2.24, 2.45) is 0 Å². The summed E-state index contributed by atoms with van der Waals surface area (Å²) in [6.07, 6.45) is 2.04. The minimum Gasteiger partial charge on any atom is -0.408 e. The number of piperazine rings is 1. The van der Waals surface area contributed by atoms with Crippen LogP contribution in [0, 0.1) is 0 Å². The van der Waals surface area contributed by atoms with Crippen molar-refractivity contribution in [2.45, 2.75) is 64.5 Å². The van der Waals surface area contributed by atoms with Gasteiger partial charge in [-0.1, -0.05) is 20.8 Å². The topological polar surface area (TPSA) is 57.7 Å². The van der Waals surface area contributed by atoms with Crippen molar-refractivity contribution < 1.29 is 9.22 Å². The maximum absolute atomic E-state index is 11.7. The molecule has 26 heavy (non-hydrogen) atoms. The van der Waals surface area contributed by atoms with Crippen LogP contribution in [0.1, 0.15) is 43.7 Å². The summed E-state index contributed by atoms with van der Waals surface area (Å²) >= 11 is 1.76. The highest BCUT2D eigenvalue weighted by Gasteiger charge is 2.39. The molecule has 3 heterocycles. The molecule has 0 aliphatic carbocycles. The fourth-order valence-corrected chi connectivity index (χ4v) is 5.66. The van der Waals surface area contributed by atoms with Gasteiger partial charge in [0.05, 0.1) is 12.1 Å². The van der Waals surface area contributed by atoms with E-state index in [2.05, 4.69) is 56.0 Å². The molecule has 1 aromatic heterocycles. The average Bonchev–Trinajstić information content (AvgIpc) is 3.13. The van der Waals surface area contributed by atoms with Crippen LogP contribution in [0.2, 0.25) is 18.1 Å². The van der Waals surface area contributed by atoms with E-state index < -0.39 is 8.32 Å². The van der Waals surface area contributed by atoms with Gasteiger partial charge in [-0.05, 0) is 25.1 Å². The van der Waals surface area contributed by atoms with Crippen LogP contribution in [-0.4, -0.2) is 61.4 Å². The van der Waals surface area contributed by atoms with Gasteiger partial charge in [-0.15, -0.1) is 11.3 Å². The summed E-state index contributed by atoms with van der Waals surface area (Å²) in [5.74, 6) is 0. The standard InChI is InChI=1S/C18H32N4O2SSi/c1-13(24-26(5,6)18(2,3)4)16-19-10-15(25-16)12-21-7-8-22-14(11-21)9-20-17(22)23/h10,13-14H,7-9,11-12H2,1-6H3,(H,20,23)/t13-,14+/m0/s1. The quantitative estimate of drug-likeness (QED) is 0.775. The molecule has 2 fully saturated rings. The second-order valence-corrected chi connectivity index (χ2v) is 14.9. The predicted octanol–water partition coefficient (Wildman–Crippen LogP) is 3.44. The van der Waals surface area contributed by atoms with Crippen LogP contribution in [0.5, 0.6) is 0 Å². The average molecular weight is 397 g/mol. The number of amides is 2. The molecule has 3 rings (SSSR count).